The fraction of sp³-hybridized carbons (Fsp3) is 0.320. The monoisotopic (exact) mass is 504 g/mol. The molecule has 2 aromatic carbocycles. The number of ether oxygens (including phenoxy) is 1. The number of aryl methyl sites for hydroxylation is 1. The number of carbonyl (C=O) groups excluding carboxylic acids is 1. The highest BCUT2D eigenvalue weighted by atomic mass is 32.1. The maximum Gasteiger partial charge on any atom is 0.417 e. The molecule has 0 atom stereocenters. The van der Waals surface area contributed by atoms with Crippen molar-refractivity contribution in [2.45, 2.75) is 45.5 Å². The highest BCUT2D eigenvalue weighted by molar-refractivity contribution is 7.17. The van der Waals surface area contributed by atoms with Crippen LogP contribution in [0.1, 0.15) is 45.9 Å². The predicted molar refractivity (Wildman–Crippen MR) is 125 cm³/mol. The Morgan fingerprint density at radius 1 is 1.11 bits per heavy atom. The van der Waals surface area contributed by atoms with E-state index in [0.717, 1.165) is 28.5 Å². The molecule has 1 aliphatic heterocycles. The van der Waals surface area contributed by atoms with Crippen LogP contribution in [0.15, 0.2) is 42.5 Å². The third-order valence-corrected chi connectivity index (χ3v) is 7.00. The quantitative estimate of drug-likeness (QED) is 0.491. The second kappa shape index (κ2) is 8.99. The van der Waals surface area contributed by atoms with Gasteiger partial charge >= 0.3 is 12.1 Å². The van der Waals surface area contributed by atoms with Crippen LogP contribution < -0.4 is 4.74 Å². The molecule has 10 heteroatoms. The number of fused-ring (bicyclic) bond motifs is 1. The summed E-state index contributed by atoms with van der Waals surface area (Å²) in [6.07, 6.45) is -3.99. The molecule has 4 rings (SSSR count). The molecule has 184 valence electrons. The number of alkyl halides is 3. The Morgan fingerprint density at radius 3 is 2.51 bits per heavy atom. The Morgan fingerprint density at radius 2 is 1.83 bits per heavy atom. The van der Waals surface area contributed by atoms with Crippen molar-refractivity contribution in [2.75, 3.05) is 6.54 Å². The molecule has 35 heavy (non-hydrogen) atoms. The van der Waals surface area contributed by atoms with Crippen molar-refractivity contribution in [3.05, 3.63) is 69.7 Å². The number of halogens is 3. The Balaban J connectivity index is 1.55. The highest BCUT2D eigenvalue weighted by Crippen LogP contribution is 2.39. The number of carboxylic acids is 1. The van der Waals surface area contributed by atoms with E-state index in [1.165, 1.54) is 32.0 Å². The fourth-order valence-electron chi connectivity index (χ4n) is 3.87. The third-order valence-electron chi connectivity index (χ3n) is 5.82. The number of carboxylic acid groups (broad SMARTS) is 1. The predicted octanol–water partition coefficient (Wildman–Crippen LogP) is 5.58. The number of aliphatic carboxylic acids is 1. The molecule has 1 N–H and O–H groups in total. The van der Waals surface area contributed by atoms with Crippen LogP contribution in [0.3, 0.4) is 0 Å². The van der Waals surface area contributed by atoms with Crippen LogP contribution in [0.25, 0.3) is 10.6 Å². The van der Waals surface area contributed by atoms with Crippen LogP contribution in [-0.4, -0.2) is 39.0 Å². The van der Waals surface area contributed by atoms with Crippen LogP contribution in [0.2, 0.25) is 0 Å². The van der Waals surface area contributed by atoms with Gasteiger partial charge in [0.2, 0.25) is 0 Å². The molecule has 0 bridgehead atoms. The molecule has 0 unspecified atom stereocenters. The van der Waals surface area contributed by atoms with Gasteiger partial charge in [-0.3, -0.25) is 4.79 Å². The molecule has 1 amide bonds. The maximum absolute atomic E-state index is 13.5. The third kappa shape index (κ3) is 5.02. The van der Waals surface area contributed by atoms with E-state index >= 15 is 0 Å². The summed E-state index contributed by atoms with van der Waals surface area (Å²) in [4.78, 5) is 30.8. The van der Waals surface area contributed by atoms with Crippen molar-refractivity contribution in [3.8, 4) is 16.3 Å². The first-order chi connectivity index (χ1) is 16.4. The summed E-state index contributed by atoms with van der Waals surface area (Å²) < 4.78 is 46.0. The Labute approximate surface area is 204 Å². The number of carbonyl (C=O) groups is 2. The zero-order chi connectivity index (χ0) is 25.5. The second-order valence-electron chi connectivity index (χ2n) is 8.80. The molecule has 2 heterocycles. The normalized spacial score (nSPS) is 13.9. The molecule has 1 aliphatic rings. The SMILES string of the molecule is Cc1nc(-c2ccccc2C(F)(F)F)sc1C(=O)N1CCc2cc(OC(C)(C)C(=O)O)ccc2C1. The van der Waals surface area contributed by atoms with Gasteiger partial charge in [0.15, 0.2) is 5.60 Å². The lowest BCUT2D eigenvalue weighted by molar-refractivity contribution is -0.152. The molecule has 3 aromatic rings. The standard InChI is InChI=1S/C25H23F3N2O4S/c1-14-20(35-21(29-14)18-6-4-5-7-19(18)25(26,27)28)22(31)30-11-10-15-12-17(9-8-16(15)13-30)34-24(2,3)23(32)33/h4-9,12H,10-11,13H2,1-3H3,(H,32,33). The van der Waals surface area contributed by atoms with E-state index in [4.69, 9.17) is 4.74 Å². The smallest absolute Gasteiger partial charge is 0.417 e. The van der Waals surface area contributed by atoms with Gasteiger partial charge in [0.25, 0.3) is 5.91 Å². The van der Waals surface area contributed by atoms with Gasteiger partial charge in [-0.1, -0.05) is 24.3 Å². The topological polar surface area (TPSA) is 79.7 Å². The van der Waals surface area contributed by atoms with Gasteiger partial charge in [0.1, 0.15) is 15.6 Å². The van der Waals surface area contributed by atoms with Crippen LogP contribution in [0.5, 0.6) is 5.75 Å². The minimum Gasteiger partial charge on any atom is -0.478 e. The Bertz CT molecular complexity index is 1300. The number of nitrogens with zero attached hydrogens (tertiary/aromatic N) is 2. The van der Waals surface area contributed by atoms with E-state index in [2.05, 4.69) is 4.98 Å². The molecule has 6 nitrogen and oxygen atoms in total. The van der Waals surface area contributed by atoms with Crippen molar-refractivity contribution >= 4 is 23.2 Å². The summed E-state index contributed by atoms with van der Waals surface area (Å²) in [5.41, 5.74) is 0.0226. The van der Waals surface area contributed by atoms with E-state index in [9.17, 15) is 27.9 Å². The van der Waals surface area contributed by atoms with Gasteiger partial charge in [-0.05, 0) is 56.5 Å². The first kappa shape index (κ1) is 24.7. The Kier molecular flexibility index (Phi) is 6.35. The zero-order valence-electron chi connectivity index (χ0n) is 19.3. The van der Waals surface area contributed by atoms with Crippen molar-refractivity contribution in [1.82, 2.24) is 9.88 Å². The molecule has 0 radical (unpaired) electrons. The minimum atomic E-state index is -4.53. The van der Waals surface area contributed by atoms with E-state index in [0.29, 0.717) is 35.8 Å². The first-order valence-electron chi connectivity index (χ1n) is 10.8. The van der Waals surface area contributed by atoms with E-state index < -0.39 is 23.3 Å². The van der Waals surface area contributed by atoms with E-state index in [1.807, 2.05) is 0 Å². The number of hydrogen-bond acceptors (Lipinski definition) is 5. The first-order valence-corrected chi connectivity index (χ1v) is 11.7. The minimum absolute atomic E-state index is 0.0482. The lowest BCUT2D eigenvalue weighted by Gasteiger charge is -2.29. The molecular weight excluding hydrogens is 481 g/mol. The summed E-state index contributed by atoms with van der Waals surface area (Å²) in [5.74, 6) is -0.930. The molecule has 0 spiro atoms. The van der Waals surface area contributed by atoms with Gasteiger partial charge in [-0.25, -0.2) is 9.78 Å². The van der Waals surface area contributed by atoms with Crippen LogP contribution in [-0.2, 0) is 23.9 Å². The molecule has 1 aromatic heterocycles. The molecular formula is C25H23F3N2O4S. The molecule has 0 fully saturated rings. The van der Waals surface area contributed by atoms with Gasteiger partial charge < -0.3 is 14.7 Å². The molecule has 0 saturated heterocycles. The number of amides is 1. The van der Waals surface area contributed by atoms with Gasteiger partial charge in [-0.15, -0.1) is 11.3 Å². The summed E-state index contributed by atoms with van der Waals surface area (Å²) in [6, 6.07) is 10.5. The molecule has 0 saturated carbocycles. The van der Waals surface area contributed by atoms with Crippen molar-refractivity contribution in [2.24, 2.45) is 0 Å². The fourth-order valence-corrected chi connectivity index (χ4v) is 4.95. The van der Waals surface area contributed by atoms with Crippen LogP contribution >= 0.6 is 11.3 Å². The highest BCUT2D eigenvalue weighted by Gasteiger charge is 2.35. The van der Waals surface area contributed by atoms with Gasteiger partial charge in [0, 0.05) is 18.7 Å². The summed E-state index contributed by atoms with van der Waals surface area (Å²) in [5, 5.41) is 9.42. The number of thiazole rings is 1. The van der Waals surface area contributed by atoms with Crippen LogP contribution in [0, 0.1) is 6.92 Å². The lowest BCUT2D eigenvalue weighted by Crippen LogP contribution is -2.38. The summed E-state index contributed by atoms with van der Waals surface area (Å²) in [7, 11) is 0. The van der Waals surface area contributed by atoms with E-state index in [1.54, 1.807) is 30.0 Å². The lowest BCUT2D eigenvalue weighted by atomic mass is 9.99. The average molecular weight is 505 g/mol. The van der Waals surface area contributed by atoms with Crippen molar-refractivity contribution < 1.29 is 32.6 Å². The Hall–Kier alpha value is -3.40. The maximum atomic E-state index is 13.5. The number of benzene rings is 2. The second-order valence-corrected chi connectivity index (χ2v) is 9.80. The van der Waals surface area contributed by atoms with Crippen molar-refractivity contribution in [3.63, 3.8) is 0 Å². The van der Waals surface area contributed by atoms with Gasteiger partial charge in [0.05, 0.1) is 11.3 Å². The number of rotatable bonds is 5. The van der Waals surface area contributed by atoms with Crippen LogP contribution in [0.4, 0.5) is 13.2 Å². The summed E-state index contributed by atoms with van der Waals surface area (Å²) in [6.45, 7) is 5.28. The number of aromatic nitrogens is 1. The zero-order valence-corrected chi connectivity index (χ0v) is 20.1. The molecule has 0 aliphatic carbocycles. The largest absolute Gasteiger partial charge is 0.478 e. The van der Waals surface area contributed by atoms with E-state index in [-0.39, 0.29) is 16.5 Å². The summed E-state index contributed by atoms with van der Waals surface area (Å²) >= 11 is 0.959. The van der Waals surface area contributed by atoms with Gasteiger partial charge in [-0.2, -0.15) is 13.2 Å². The van der Waals surface area contributed by atoms with Crippen molar-refractivity contribution in [1.29, 1.82) is 0 Å². The average Bonchev–Trinajstić information content (AvgIpc) is 3.18. The number of hydrogen-bond donors (Lipinski definition) is 1.